The Labute approximate surface area is 142 Å². The fourth-order valence-electron chi connectivity index (χ4n) is 2.43. The molecule has 0 fully saturated rings. The molecule has 6 heteroatoms. The van der Waals surface area contributed by atoms with E-state index in [1.54, 1.807) is 0 Å². The molecule has 0 saturated heterocycles. The van der Waals surface area contributed by atoms with E-state index < -0.39 is 16.1 Å². The summed E-state index contributed by atoms with van der Waals surface area (Å²) in [7, 11) is -4.02. The summed E-state index contributed by atoms with van der Waals surface area (Å²) in [5.41, 5.74) is 0. The number of unbranched alkanes of at least 4 members (excludes halogenated alkanes) is 11. The van der Waals surface area contributed by atoms with E-state index in [9.17, 15) is 8.42 Å². The largest absolute Gasteiger partial charge is 0.379 e. The van der Waals surface area contributed by atoms with Crippen LogP contribution in [0.4, 0.5) is 0 Å². The van der Waals surface area contributed by atoms with Crippen molar-refractivity contribution in [2.75, 3.05) is 25.8 Å². The molecule has 0 radical (unpaired) electrons. The molecule has 140 valence electrons. The van der Waals surface area contributed by atoms with Gasteiger partial charge in [-0.15, -0.1) is 0 Å². The zero-order chi connectivity index (χ0) is 17.2. The monoisotopic (exact) mass is 352 g/mol. The molecule has 23 heavy (non-hydrogen) atoms. The molecule has 0 amide bonds. The number of hydrogen-bond acceptors (Lipinski definition) is 4. The highest BCUT2D eigenvalue weighted by Gasteiger charge is 2.02. The van der Waals surface area contributed by atoms with Crippen molar-refractivity contribution in [2.24, 2.45) is 0 Å². The van der Waals surface area contributed by atoms with Crippen LogP contribution in [-0.4, -0.2) is 38.7 Å². The second-order valence-electron chi connectivity index (χ2n) is 6.11. The van der Waals surface area contributed by atoms with E-state index in [0.29, 0.717) is 13.2 Å². The second kappa shape index (κ2) is 16.7. The maximum Gasteiger partial charge on any atom is 0.289 e. The van der Waals surface area contributed by atoms with Gasteiger partial charge in [-0.05, 0) is 6.42 Å². The van der Waals surface area contributed by atoms with Gasteiger partial charge in [0, 0.05) is 6.61 Å². The molecular formula is C17H36O5S. The van der Waals surface area contributed by atoms with Gasteiger partial charge in [-0.2, -0.15) is 8.42 Å². The smallest absolute Gasteiger partial charge is 0.289 e. The summed E-state index contributed by atoms with van der Waals surface area (Å²) in [6.45, 7) is 3.50. The zero-order valence-electron chi connectivity index (χ0n) is 14.8. The molecule has 0 aliphatic carbocycles. The van der Waals surface area contributed by atoms with Crippen molar-refractivity contribution in [1.29, 1.82) is 0 Å². The summed E-state index contributed by atoms with van der Waals surface area (Å²) >= 11 is 0. The van der Waals surface area contributed by atoms with Gasteiger partial charge in [-0.1, -0.05) is 77.6 Å². The van der Waals surface area contributed by atoms with Crippen LogP contribution in [0.25, 0.3) is 0 Å². The highest BCUT2D eigenvalue weighted by Crippen LogP contribution is 2.11. The Kier molecular flexibility index (Phi) is 16.6. The van der Waals surface area contributed by atoms with Crippen LogP contribution in [-0.2, 0) is 19.6 Å². The molecule has 0 unspecified atom stereocenters. The molecule has 0 atom stereocenters. The predicted molar refractivity (Wildman–Crippen MR) is 94.3 cm³/mol. The summed E-state index contributed by atoms with van der Waals surface area (Å²) in [5.74, 6) is -0.658. The molecule has 0 aliphatic heterocycles. The summed E-state index contributed by atoms with van der Waals surface area (Å²) in [4.78, 5) is 0. The van der Waals surface area contributed by atoms with Crippen molar-refractivity contribution in [2.45, 2.75) is 84.0 Å². The van der Waals surface area contributed by atoms with Crippen molar-refractivity contribution in [3.05, 3.63) is 0 Å². The Morgan fingerprint density at radius 1 is 0.652 bits per heavy atom. The van der Waals surface area contributed by atoms with Crippen LogP contribution >= 0.6 is 0 Å². The van der Waals surface area contributed by atoms with Crippen LogP contribution in [0.2, 0.25) is 0 Å². The summed E-state index contributed by atoms with van der Waals surface area (Å²) in [5, 5.41) is 0. The lowest BCUT2D eigenvalue weighted by molar-refractivity contribution is 0.0606. The van der Waals surface area contributed by atoms with E-state index in [4.69, 9.17) is 14.0 Å². The Balaban J connectivity index is 3.03. The summed E-state index contributed by atoms with van der Waals surface area (Å²) in [6, 6.07) is 0. The minimum absolute atomic E-state index is 0.193. The first-order valence-corrected chi connectivity index (χ1v) is 10.8. The second-order valence-corrected chi connectivity index (χ2v) is 7.51. The van der Waals surface area contributed by atoms with Gasteiger partial charge < -0.3 is 9.47 Å². The number of hydrogen-bond donors (Lipinski definition) is 1. The fourth-order valence-corrected chi connectivity index (χ4v) is 2.76. The van der Waals surface area contributed by atoms with Gasteiger partial charge in [0.25, 0.3) is 10.1 Å². The van der Waals surface area contributed by atoms with Crippen molar-refractivity contribution < 1.29 is 22.4 Å². The Morgan fingerprint density at radius 3 is 1.57 bits per heavy atom. The van der Waals surface area contributed by atoms with Gasteiger partial charge in [0.15, 0.2) is 5.94 Å². The first-order chi connectivity index (χ1) is 11.1. The maximum atomic E-state index is 10.4. The molecule has 1 N–H and O–H groups in total. The molecule has 0 aliphatic rings. The molecule has 5 nitrogen and oxygen atoms in total. The molecule has 0 spiro atoms. The van der Waals surface area contributed by atoms with Gasteiger partial charge >= 0.3 is 0 Å². The quantitative estimate of drug-likeness (QED) is 0.289. The first kappa shape index (κ1) is 22.8. The van der Waals surface area contributed by atoms with Gasteiger partial charge in [-0.3, -0.25) is 4.55 Å². The first-order valence-electron chi connectivity index (χ1n) is 9.17. The molecular weight excluding hydrogens is 316 g/mol. The third kappa shape index (κ3) is 21.8. The van der Waals surface area contributed by atoms with Crippen LogP contribution < -0.4 is 0 Å². The number of ether oxygens (including phenoxy) is 2. The van der Waals surface area contributed by atoms with Gasteiger partial charge in [0.05, 0.1) is 13.2 Å². The van der Waals surface area contributed by atoms with Gasteiger partial charge in [0.2, 0.25) is 0 Å². The molecule has 0 rings (SSSR count). The number of rotatable bonds is 18. The lowest BCUT2D eigenvalue weighted by atomic mass is 10.1. The van der Waals surface area contributed by atoms with E-state index in [2.05, 4.69) is 6.92 Å². The van der Waals surface area contributed by atoms with E-state index in [1.165, 1.54) is 70.6 Å². The van der Waals surface area contributed by atoms with E-state index in [-0.39, 0.29) is 6.61 Å². The third-order valence-corrected chi connectivity index (χ3v) is 4.21. The van der Waals surface area contributed by atoms with Crippen LogP contribution in [0.3, 0.4) is 0 Å². The highest BCUT2D eigenvalue weighted by atomic mass is 32.2. The average molecular weight is 353 g/mol. The summed E-state index contributed by atoms with van der Waals surface area (Å²) < 4.78 is 39.3. The summed E-state index contributed by atoms with van der Waals surface area (Å²) in [6.07, 6.45) is 15.8. The van der Waals surface area contributed by atoms with Crippen LogP contribution in [0.15, 0.2) is 0 Å². The highest BCUT2D eigenvalue weighted by molar-refractivity contribution is 7.85. The SMILES string of the molecule is CCCCCCCCCCCCCCOCCOCS(=O)(=O)O. The molecule has 0 aromatic rings. The fraction of sp³-hybridized carbons (Fsp3) is 1.00. The van der Waals surface area contributed by atoms with E-state index in [1.807, 2.05) is 0 Å². The Morgan fingerprint density at radius 2 is 1.09 bits per heavy atom. The van der Waals surface area contributed by atoms with Crippen LogP contribution in [0.5, 0.6) is 0 Å². The topological polar surface area (TPSA) is 72.8 Å². The lowest BCUT2D eigenvalue weighted by Crippen LogP contribution is -2.12. The van der Waals surface area contributed by atoms with Gasteiger partial charge in [0.1, 0.15) is 0 Å². The van der Waals surface area contributed by atoms with Crippen LogP contribution in [0, 0.1) is 0 Å². The van der Waals surface area contributed by atoms with Crippen molar-refractivity contribution >= 4 is 10.1 Å². The standard InChI is InChI=1S/C17H36O5S/c1-2-3-4-5-6-7-8-9-10-11-12-13-14-21-15-16-22-17-23(18,19)20/h2-17H2,1H3,(H,18,19,20). The van der Waals surface area contributed by atoms with E-state index in [0.717, 1.165) is 6.42 Å². The minimum Gasteiger partial charge on any atom is -0.379 e. The minimum atomic E-state index is -4.02. The molecule has 0 aromatic heterocycles. The lowest BCUT2D eigenvalue weighted by Gasteiger charge is -2.05. The van der Waals surface area contributed by atoms with Crippen molar-refractivity contribution in [3.8, 4) is 0 Å². The predicted octanol–water partition coefficient (Wildman–Crippen LogP) is 4.57. The molecule has 0 saturated carbocycles. The Hall–Kier alpha value is -0.170. The normalized spacial score (nSPS) is 11.9. The third-order valence-electron chi connectivity index (χ3n) is 3.75. The molecule has 0 bridgehead atoms. The van der Waals surface area contributed by atoms with Crippen molar-refractivity contribution in [3.63, 3.8) is 0 Å². The van der Waals surface area contributed by atoms with Gasteiger partial charge in [-0.25, -0.2) is 0 Å². The molecule has 0 heterocycles. The van der Waals surface area contributed by atoms with Crippen LogP contribution in [0.1, 0.15) is 84.0 Å². The van der Waals surface area contributed by atoms with E-state index >= 15 is 0 Å². The zero-order valence-corrected chi connectivity index (χ0v) is 15.6. The average Bonchev–Trinajstić information content (AvgIpc) is 2.49. The maximum absolute atomic E-state index is 10.4. The molecule has 0 aromatic carbocycles. The Bertz CT molecular complexity index is 330. The van der Waals surface area contributed by atoms with Crippen molar-refractivity contribution in [1.82, 2.24) is 0 Å².